The van der Waals surface area contributed by atoms with Crippen molar-refractivity contribution in [2.24, 2.45) is 17.8 Å². The smallest absolute Gasteiger partial charge is 0.173 e. The SMILES string of the molecule is CC(C)c1ccc(NC(=S)N(C)C23CC4CC(CC(C4)C2)C3)cc1. The number of thiocarbonyl (C=S) groups is 1. The second-order valence-corrected chi connectivity index (χ2v) is 9.29. The van der Waals surface area contributed by atoms with Gasteiger partial charge >= 0.3 is 0 Å². The normalized spacial score (nSPS) is 33.8. The van der Waals surface area contributed by atoms with Gasteiger partial charge in [0.25, 0.3) is 0 Å². The molecule has 24 heavy (non-hydrogen) atoms. The molecule has 130 valence electrons. The number of nitrogens with one attached hydrogen (secondary N) is 1. The number of rotatable bonds is 3. The fourth-order valence-electron chi connectivity index (χ4n) is 5.85. The van der Waals surface area contributed by atoms with Crippen LogP contribution in [0.15, 0.2) is 24.3 Å². The Morgan fingerprint density at radius 1 is 1.04 bits per heavy atom. The molecule has 0 atom stereocenters. The Hall–Kier alpha value is -1.09. The largest absolute Gasteiger partial charge is 0.346 e. The van der Waals surface area contributed by atoms with Gasteiger partial charge in [-0.3, -0.25) is 0 Å². The molecular weight excluding hydrogens is 312 g/mol. The van der Waals surface area contributed by atoms with Crippen LogP contribution in [0.5, 0.6) is 0 Å². The van der Waals surface area contributed by atoms with Crippen molar-refractivity contribution in [3.05, 3.63) is 29.8 Å². The lowest BCUT2D eigenvalue weighted by atomic mass is 9.52. The van der Waals surface area contributed by atoms with Gasteiger partial charge in [-0.1, -0.05) is 26.0 Å². The number of benzene rings is 1. The second kappa shape index (κ2) is 6.01. The van der Waals surface area contributed by atoms with E-state index in [0.29, 0.717) is 11.5 Å². The third-order valence-electron chi connectivity index (χ3n) is 6.85. The third kappa shape index (κ3) is 2.85. The Bertz CT molecular complexity index is 584. The Morgan fingerprint density at radius 2 is 1.54 bits per heavy atom. The summed E-state index contributed by atoms with van der Waals surface area (Å²) in [7, 11) is 2.23. The van der Waals surface area contributed by atoms with Gasteiger partial charge in [-0.2, -0.15) is 0 Å². The standard InChI is InChI=1S/C21H30N2S/c1-14(2)18-4-6-19(7-5-18)22-20(24)23(3)21-11-15-8-16(12-21)10-17(9-15)13-21/h4-7,14-17H,8-13H2,1-3H3,(H,22,24). The molecular formula is C21H30N2S. The Morgan fingerprint density at radius 3 is 2.00 bits per heavy atom. The molecule has 0 aliphatic heterocycles. The predicted molar refractivity (Wildman–Crippen MR) is 105 cm³/mol. The van der Waals surface area contributed by atoms with Crippen molar-refractivity contribution < 1.29 is 0 Å². The highest BCUT2D eigenvalue weighted by Gasteiger charge is 2.53. The van der Waals surface area contributed by atoms with E-state index in [4.69, 9.17) is 12.2 Å². The van der Waals surface area contributed by atoms with Crippen molar-refractivity contribution >= 4 is 23.0 Å². The maximum atomic E-state index is 5.79. The minimum atomic E-state index is 0.330. The van der Waals surface area contributed by atoms with Gasteiger partial charge in [0.15, 0.2) is 5.11 Å². The van der Waals surface area contributed by atoms with Gasteiger partial charge in [-0.25, -0.2) is 0 Å². The maximum absolute atomic E-state index is 5.79. The second-order valence-electron chi connectivity index (χ2n) is 8.91. The van der Waals surface area contributed by atoms with Crippen LogP contribution >= 0.6 is 12.2 Å². The van der Waals surface area contributed by atoms with Crippen LogP contribution in [0.2, 0.25) is 0 Å². The lowest BCUT2D eigenvalue weighted by Crippen LogP contribution is -2.60. The highest BCUT2D eigenvalue weighted by Crippen LogP contribution is 2.57. The van der Waals surface area contributed by atoms with Gasteiger partial charge in [0.1, 0.15) is 0 Å². The maximum Gasteiger partial charge on any atom is 0.173 e. The molecule has 0 radical (unpaired) electrons. The topological polar surface area (TPSA) is 15.3 Å². The van der Waals surface area contributed by atoms with E-state index in [1.807, 2.05) is 0 Å². The number of hydrogen-bond acceptors (Lipinski definition) is 1. The monoisotopic (exact) mass is 342 g/mol. The lowest BCUT2D eigenvalue weighted by Gasteiger charge is -2.60. The highest BCUT2D eigenvalue weighted by molar-refractivity contribution is 7.80. The van der Waals surface area contributed by atoms with Crippen molar-refractivity contribution in [1.82, 2.24) is 4.90 Å². The van der Waals surface area contributed by atoms with Crippen molar-refractivity contribution in [3.8, 4) is 0 Å². The number of nitrogens with zero attached hydrogens (tertiary/aromatic N) is 1. The molecule has 5 rings (SSSR count). The summed E-state index contributed by atoms with van der Waals surface area (Å²) in [6.07, 6.45) is 8.48. The van der Waals surface area contributed by atoms with Crippen LogP contribution < -0.4 is 5.32 Å². The summed E-state index contributed by atoms with van der Waals surface area (Å²) in [6.45, 7) is 4.46. The first-order chi connectivity index (χ1) is 11.4. The molecule has 1 N–H and O–H groups in total. The summed E-state index contributed by atoms with van der Waals surface area (Å²) in [5.74, 6) is 3.42. The summed E-state index contributed by atoms with van der Waals surface area (Å²) in [5, 5.41) is 4.39. The molecule has 0 amide bonds. The summed E-state index contributed by atoms with van der Waals surface area (Å²) in [4.78, 5) is 2.42. The summed E-state index contributed by atoms with van der Waals surface area (Å²) in [5.41, 5.74) is 2.82. The molecule has 0 aromatic heterocycles. The quantitative estimate of drug-likeness (QED) is 0.740. The zero-order chi connectivity index (χ0) is 16.9. The molecule has 0 unspecified atom stereocenters. The van der Waals surface area contributed by atoms with E-state index in [9.17, 15) is 0 Å². The molecule has 4 saturated carbocycles. The fraction of sp³-hybridized carbons (Fsp3) is 0.667. The molecule has 0 heterocycles. The van der Waals surface area contributed by atoms with Gasteiger partial charge in [0, 0.05) is 18.3 Å². The zero-order valence-corrected chi connectivity index (χ0v) is 16.0. The number of hydrogen-bond donors (Lipinski definition) is 1. The van der Waals surface area contributed by atoms with E-state index >= 15 is 0 Å². The molecule has 0 saturated heterocycles. The third-order valence-corrected chi connectivity index (χ3v) is 7.23. The van der Waals surface area contributed by atoms with E-state index in [1.54, 1.807) is 0 Å². The first kappa shape index (κ1) is 16.4. The van der Waals surface area contributed by atoms with Crippen molar-refractivity contribution in [1.29, 1.82) is 0 Å². The van der Waals surface area contributed by atoms with Gasteiger partial charge < -0.3 is 10.2 Å². The first-order valence-corrected chi connectivity index (χ1v) is 10.0. The predicted octanol–water partition coefficient (Wildman–Crippen LogP) is 5.41. The molecule has 4 aliphatic carbocycles. The Kier molecular flexibility index (Phi) is 4.11. The molecule has 1 aromatic carbocycles. The van der Waals surface area contributed by atoms with Crippen LogP contribution in [-0.2, 0) is 0 Å². The molecule has 3 heteroatoms. The van der Waals surface area contributed by atoms with Crippen molar-refractivity contribution in [3.63, 3.8) is 0 Å². The molecule has 4 bridgehead atoms. The van der Waals surface area contributed by atoms with Crippen molar-refractivity contribution in [2.45, 2.75) is 63.8 Å². The van der Waals surface area contributed by atoms with Crippen molar-refractivity contribution in [2.75, 3.05) is 12.4 Å². The zero-order valence-electron chi connectivity index (χ0n) is 15.2. The van der Waals surface area contributed by atoms with Gasteiger partial charge in [0.2, 0.25) is 0 Å². The van der Waals surface area contributed by atoms with Gasteiger partial charge in [-0.15, -0.1) is 0 Å². The van der Waals surface area contributed by atoms with Crippen LogP contribution in [0.3, 0.4) is 0 Å². The van der Waals surface area contributed by atoms with E-state index in [0.717, 1.165) is 28.6 Å². The molecule has 2 nitrogen and oxygen atoms in total. The molecule has 4 fully saturated rings. The van der Waals surface area contributed by atoms with Crippen LogP contribution in [0, 0.1) is 17.8 Å². The van der Waals surface area contributed by atoms with Crippen LogP contribution in [0.25, 0.3) is 0 Å². The van der Waals surface area contributed by atoms with E-state index in [2.05, 4.69) is 55.4 Å². The summed E-state index contributed by atoms with van der Waals surface area (Å²) < 4.78 is 0. The van der Waals surface area contributed by atoms with E-state index in [-0.39, 0.29) is 0 Å². The minimum absolute atomic E-state index is 0.330. The minimum Gasteiger partial charge on any atom is -0.346 e. The average Bonchev–Trinajstić information content (AvgIpc) is 2.53. The average molecular weight is 343 g/mol. The Labute approximate surface area is 152 Å². The first-order valence-electron chi connectivity index (χ1n) is 9.60. The Balaban J connectivity index is 1.46. The highest BCUT2D eigenvalue weighted by atomic mass is 32.1. The van der Waals surface area contributed by atoms with Crippen LogP contribution in [0.1, 0.15) is 63.9 Å². The summed E-state index contributed by atoms with van der Waals surface area (Å²) in [6, 6.07) is 8.74. The summed E-state index contributed by atoms with van der Waals surface area (Å²) >= 11 is 5.79. The van der Waals surface area contributed by atoms with Gasteiger partial charge in [-0.05, 0) is 92.1 Å². The van der Waals surface area contributed by atoms with Gasteiger partial charge in [0.05, 0.1) is 0 Å². The van der Waals surface area contributed by atoms with E-state index < -0.39 is 0 Å². The van der Waals surface area contributed by atoms with Crippen LogP contribution in [-0.4, -0.2) is 22.6 Å². The molecule has 1 aromatic rings. The van der Waals surface area contributed by atoms with E-state index in [1.165, 1.54) is 44.1 Å². The fourth-order valence-corrected chi connectivity index (χ4v) is 6.16. The molecule has 4 aliphatic rings. The molecule has 0 spiro atoms. The lowest BCUT2D eigenvalue weighted by molar-refractivity contribution is -0.0538. The number of anilines is 1. The van der Waals surface area contributed by atoms with Crippen LogP contribution in [0.4, 0.5) is 5.69 Å².